The Kier molecular flexibility index (Phi) is 5.96. The van der Waals surface area contributed by atoms with Crippen molar-refractivity contribution in [1.82, 2.24) is 0 Å². The van der Waals surface area contributed by atoms with Crippen molar-refractivity contribution in [2.24, 2.45) is 5.73 Å². The van der Waals surface area contributed by atoms with Crippen LogP contribution >= 0.6 is 23.5 Å². The van der Waals surface area contributed by atoms with Crippen LogP contribution in [0.1, 0.15) is 33.1 Å². The van der Waals surface area contributed by atoms with E-state index in [1.54, 1.807) is 0 Å². The molecule has 1 aliphatic rings. The Morgan fingerprint density at radius 2 is 2.20 bits per heavy atom. The Labute approximate surface area is 102 Å². The summed E-state index contributed by atoms with van der Waals surface area (Å²) >= 11 is 4.12. The lowest BCUT2D eigenvalue weighted by atomic mass is 10.1. The highest BCUT2D eigenvalue weighted by Crippen LogP contribution is 2.37. The second-order valence-corrected chi connectivity index (χ2v) is 7.21. The minimum absolute atomic E-state index is 0.325. The maximum Gasteiger partial charge on any atom is 0.0292 e. The molecule has 1 fully saturated rings. The number of rotatable bonds is 4. The van der Waals surface area contributed by atoms with Gasteiger partial charge >= 0.3 is 0 Å². The predicted molar refractivity (Wildman–Crippen MR) is 73.4 cm³/mol. The molecule has 0 radical (unpaired) electrons. The third-order valence-corrected chi connectivity index (χ3v) is 6.48. The lowest BCUT2D eigenvalue weighted by molar-refractivity contribution is 0.584. The zero-order valence-electron chi connectivity index (χ0n) is 9.61. The largest absolute Gasteiger partial charge is 0.327 e. The molecular formula is C12H21NS2. The van der Waals surface area contributed by atoms with E-state index in [-0.39, 0.29) is 0 Å². The van der Waals surface area contributed by atoms with E-state index in [1.165, 1.54) is 5.75 Å². The zero-order chi connectivity index (χ0) is 11.3. The van der Waals surface area contributed by atoms with Crippen LogP contribution in [0.15, 0.2) is 0 Å². The van der Waals surface area contributed by atoms with Crippen LogP contribution in [-0.4, -0.2) is 27.5 Å². The molecular weight excluding hydrogens is 222 g/mol. The van der Waals surface area contributed by atoms with E-state index < -0.39 is 0 Å². The first kappa shape index (κ1) is 13.3. The molecule has 0 spiro atoms. The quantitative estimate of drug-likeness (QED) is 0.607. The summed E-state index contributed by atoms with van der Waals surface area (Å²) in [5.41, 5.74) is 6.19. The molecule has 3 heteroatoms. The van der Waals surface area contributed by atoms with Gasteiger partial charge in [-0.2, -0.15) is 23.5 Å². The fourth-order valence-electron chi connectivity index (χ4n) is 1.66. The van der Waals surface area contributed by atoms with E-state index in [2.05, 4.69) is 43.3 Å². The lowest BCUT2D eigenvalue weighted by Crippen LogP contribution is -2.39. The van der Waals surface area contributed by atoms with Crippen LogP contribution in [0.5, 0.6) is 0 Å². The van der Waals surface area contributed by atoms with Crippen molar-refractivity contribution in [1.29, 1.82) is 0 Å². The van der Waals surface area contributed by atoms with Gasteiger partial charge in [-0.25, -0.2) is 0 Å². The van der Waals surface area contributed by atoms with Crippen LogP contribution in [0.3, 0.4) is 0 Å². The minimum Gasteiger partial charge on any atom is -0.327 e. The summed E-state index contributed by atoms with van der Waals surface area (Å²) in [5, 5.41) is 2.12. The fraction of sp³-hybridized carbons (Fsp3) is 0.833. The Hall–Kier alpha value is 0.220. The first-order valence-electron chi connectivity index (χ1n) is 5.61. The van der Waals surface area contributed by atoms with Gasteiger partial charge in [-0.15, -0.1) is 12.3 Å². The van der Waals surface area contributed by atoms with Gasteiger partial charge in [0.05, 0.1) is 0 Å². The Morgan fingerprint density at radius 1 is 1.47 bits per heavy atom. The van der Waals surface area contributed by atoms with Crippen molar-refractivity contribution < 1.29 is 0 Å². The highest BCUT2D eigenvalue weighted by Gasteiger charge is 2.29. The molecule has 1 rings (SSSR count). The van der Waals surface area contributed by atoms with Gasteiger partial charge in [-0.05, 0) is 12.8 Å². The second kappa shape index (κ2) is 6.73. The smallest absolute Gasteiger partial charge is 0.0292 e. The summed E-state index contributed by atoms with van der Waals surface area (Å²) in [4.78, 5) is 0. The number of terminal acetylenes is 1. The molecule has 15 heavy (non-hydrogen) atoms. The number of nitrogens with two attached hydrogens (primary N) is 1. The number of hydrogen-bond acceptors (Lipinski definition) is 3. The molecule has 2 N–H and O–H groups in total. The van der Waals surface area contributed by atoms with E-state index in [9.17, 15) is 0 Å². The normalized spacial score (nSPS) is 33.3. The summed E-state index contributed by atoms with van der Waals surface area (Å²) in [5.74, 6) is 3.88. The number of unbranched alkanes of at least 4 members (excludes halogenated alkanes) is 1. The first-order valence-corrected chi connectivity index (χ1v) is 7.60. The molecule has 0 bridgehead atoms. The molecule has 4 atom stereocenters. The summed E-state index contributed by atoms with van der Waals surface area (Å²) in [6.45, 7) is 4.62. The third-order valence-electron chi connectivity index (χ3n) is 2.91. The molecule has 0 aromatic heterocycles. The first-order chi connectivity index (χ1) is 7.15. The third kappa shape index (κ3) is 4.30. The minimum atomic E-state index is 0.325. The summed E-state index contributed by atoms with van der Waals surface area (Å²) in [7, 11) is 0. The maximum absolute atomic E-state index is 6.19. The fourth-order valence-corrected chi connectivity index (χ4v) is 4.76. The number of thioether (sulfide) groups is 2. The standard InChI is InChI=1S/C12H21NS2/c1-4-5-6-7-11(13)12-8-14-9(2)10(3)15-12/h1,9-12H,5-8,13H2,2-3H3. The van der Waals surface area contributed by atoms with Crippen LogP contribution in [0.2, 0.25) is 0 Å². The van der Waals surface area contributed by atoms with Crippen molar-refractivity contribution in [3.05, 3.63) is 0 Å². The monoisotopic (exact) mass is 243 g/mol. The van der Waals surface area contributed by atoms with Gasteiger partial charge in [-0.1, -0.05) is 13.8 Å². The molecule has 1 nitrogen and oxygen atoms in total. The Balaban J connectivity index is 2.28. The maximum atomic E-state index is 6.19. The van der Waals surface area contributed by atoms with Gasteiger partial charge in [0.25, 0.3) is 0 Å². The second-order valence-electron chi connectivity index (χ2n) is 4.18. The van der Waals surface area contributed by atoms with E-state index in [0.29, 0.717) is 11.3 Å². The topological polar surface area (TPSA) is 26.0 Å². The van der Waals surface area contributed by atoms with E-state index in [4.69, 9.17) is 12.2 Å². The number of hydrogen-bond donors (Lipinski definition) is 1. The van der Waals surface area contributed by atoms with Gasteiger partial charge in [0.15, 0.2) is 0 Å². The Morgan fingerprint density at radius 3 is 2.80 bits per heavy atom. The Bertz CT molecular complexity index is 224. The van der Waals surface area contributed by atoms with Crippen molar-refractivity contribution >= 4 is 23.5 Å². The van der Waals surface area contributed by atoms with Crippen molar-refractivity contribution in [2.75, 3.05) is 5.75 Å². The van der Waals surface area contributed by atoms with E-state index in [1.807, 2.05) is 0 Å². The summed E-state index contributed by atoms with van der Waals surface area (Å²) < 4.78 is 0. The average Bonchev–Trinajstić information content (AvgIpc) is 2.22. The zero-order valence-corrected chi connectivity index (χ0v) is 11.2. The van der Waals surface area contributed by atoms with Gasteiger partial charge in [0.2, 0.25) is 0 Å². The van der Waals surface area contributed by atoms with Gasteiger partial charge in [-0.3, -0.25) is 0 Å². The molecule has 4 unspecified atom stereocenters. The van der Waals surface area contributed by atoms with Crippen molar-refractivity contribution in [2.45, 2.75) is 54.9 Å². The van der Waals surface area contributed by atoms with Crippen LogP contribution in [0, 0.1) is 12.3 Å². The molecule has 0 saturated carbocycles. The van der Waals surface area contributed by atoms with Crippen molar-refractivity contribution in [3.63, 3.8) is 0 Å². The van der Waals surface area contributed by atoms with Gasteiger partial charge < -0.3 is 5.73 Å². The molecule has 0 amide bonds. The summed E-state index contributed by atoms with van der Waals surface area (Å²) in [6, 6.07) is 0.325. The SMILES string of the molecule is C#CCCCC(N)C1CSC(C)C(C)S1. The van der Waals surface area contributed by atoms with E-state index in [0.717, 1.165) is 29.8 Å². The van der Waals surface area contributed by atoms with Gasteiger partial charge in [0.1, 0.15) is 0 Å². The van der Waals surface area contributed by atoms with Gasteiger partial charge in [0, 0.05) is 34.0 Å². The molecule has 86 valence electrons. The molecule has 1 heterocycles. The molecule has 0 aromatic carbocycles. The average molecular weight is 243 g/mol. The highest BCUT2D eigenvalue weighted by atomic mass is 32.2. The van der Waals surface area contributed by atoms with Crippen molar-refractivity contribution in [3.8, 4) is 12.3 Å². The molecule has 0 aromatic rings. The predicted octanol–water partition coefficient (Wildman–Crippen LogP) is 2.74. The van der Waals surface area contributed by atoms with Crippen LogP contribution in [0.25, 0.3) is 0 Å². The van der Waals surface area contributed by atoms with Crippen LogP contribution in [0.4, 0.5) is 0 Å². The summed E-state index contributed by atoms with van der Waals surface area (Å²) in [6.07, 6.45) is 8.24. The van der Waals surface area contributed by atoms with Crippen LogP contribution in [-0.2, 0) is 0 Å². The molecule has 0 aliphatic carbocycles. The molecule has 1 aliphatic heterocycles. The highest BCUT2D eigenvalue weighted by molar-refractivity contribution is 8.07. The lowest BCUT2D eigenvalue weighted by Gasteiger charge is -2.34. The molecule has 1 saturated heterocycles. The van der Waals surface area contributed by atoms with E-state index >= 15 is 0 Å². The van der Waals surface area contributed by atoms with Crippen LogP contribution < -0.4 is 5.73 Å².